The molecule has 0 radical (unpaired) electrons. The number of allylic oxidation sites excluding steroid dienone is 2. The van der Waals surface area contributed by atoms with Crippen molar-refractivity contribution in [2.24, 2.45) is 35.1 Å². The van der Waals surface area contributed by atoms with Crippen molar-refractivity contribution in [3.8, 4) is 5.75 Å². The Bertz CT molecular complexity index is 5020. The largest absolute Gasteiger partial charge is 0.508 e. The Kier molecular flexibility index (Phi) is 46.4. The van der Waals surface area contributed by atoms with Crippen LogP contribution in [-0.2, 0) is 115 Å². The van der Waals surface area contributed by atoms with E-state index in [-0.39, 0.29) is 82.0 Å². The van der Waals surface area contributed by atoms with Gasteiger partial charge in [-0.15, -0.1) is 0 Å². The topological polar surface area (TPSA) is 650 Å². The van der Waals surface area contributed by atoms with Crippen LogP contribution in [0, 0.1) is 23.7 Å². The number of aromatic hydroxyl groups is 1. The van der Waals surface area contributed by atoms with E-state index in [0.717, 1.165) is 0 Å². The van der Waals surface area contributed by atoms with Gasteiger partial charge in [-0.2, -0.15) is 0 Å². The lowest BCUT2D eigenvalue weighted by molar-refractivity contribution is -0.140. The fraction of sp³-hybridized carbons (Fsp3) is 0.571. The van der Waals surface area contributed by atoms with Crippen LogP contribution in [0.2, 0.25) is 0 Å². The van der Waals surface area contributed by atoms with E-state index in [0.29, 0.717) is 59.7 Å². The lowest BCUT2D eigenvalue weighted by Crippen LogP contribution is -2.65. The zero-order chi connectivity index (χ0) is 104. The number of carboxylic acids is 1. The van der Waals surface area contributed by atoms with Gasteiger partial charge in [-0.1, -0.05) is 127 Å². The monoisotopic (exact) mass is 1940 g/mol. The molecule has 1 aliphatic heterocycles. The summed E-state index contributed by atoms with van der Waals surface area (Å²) in [7, 11) is 0. The molecule has 0 aliphatic carbocycles. The van der Waals surface area contributed by atoms with Crippen LogP contribution in [0.5, 0.6) is 5.75 Å². The third-order valence-electron chi connectivity index (χ3n) is 24.0. The maximum Gasteiger partial charge on any atom is 0.303 e. The second-order valence-electron chi connectivity index (χ2n) is 38.0. The fourth-order valence-corrected chi connectivity index (χ4v) is 15.5. The number of carboxylic acid groups (broad SMARTS) is 1. The van der Waals surface area contributed by atoms with E-state index in [2.05, 4.69) is 84.7 Å². The van der Waals surface area contributed by atoms with Gasteiger partial charge in [-0.25, -0.2) is 0 Å². The Balaban J connectivity index is 1.60. The average molecular weight is 1940 g/mol. The molecule has 139 heavy (non-hydrogen) atoms. The lowest BCUT2D eigenvalue weighted by atomic mass is 9.89. The van der Waals surface area contributed by atoms with E-state index in [1.807, 2.05) is 12.2 Å². The lowest BCUT2D eigenvalue weighted by Gasteiger charge is -2.34. The number of aliphatic carboxylic acids is 1. The van der Waals surface area contributed by atoms with Crippen LogP contribution in [0.4, 0.5) is 0 Å². The number of Topliss-reactive ketones (excluding diaryl/α,β-unsaturated/α-hetero) is 4. The summed E-state index contributed by atoms with van der Waals surface area (Å²) in [6.07, 6.45) is 2.85. The number of rotatable bonds is 39. The van der Waals surface area contributed by atoms with Gasteiger partial charge in [0.05, 0.1) is 36.2 Å². The van der Waals surface area contributed by atoms with Crippen molar-refractivity contribution in [3.05, 3.63) is 114 Å². The number of para-hydroxylation sites is 1. The molecule has 5 rings (SSSR count). The highest BCUT2D eigenvalue weighted by atomic mass is 16.4. The first kappa shape index (κ1) is 116. The molecule has 0 spiro atoms. The fourth-order valence-electron chi connectivity index (χ4n) is 15.5. The second-order valence-corrected chi connectivity index (χ2v) is 38.0. The van der Waals surface area contributed by atoms with Gasteiger partial charge in [0.15, 0.2) is 0 Å². The van der Waals surface area contributed by atoms with E-state index in [4.69, 9.17) is 11.5 Å². The first-order valence-corrected chi connectivity index (χ1v) is 47.3. The number of nitrogens with two attached hydrogens (primary N) is 2. The second kappa shape index (κ2) is 55.4. The Labute approximate surface area is 810 Å². The number of phenolic OH excluding ortho intramolecular Hbond substituents is 1. The van der Waals surface area contributed by atoms with Crippen molar-refractivity contribution >= 4 is 129 Å². The minimum Gasteiger partial charge on any atom is -0.508 e. The molecule has 15 amide bonds. The molecule has 3 aromatic carbocycles. The van der Waals surface area contributed by atoms with Gasteiger partial charge in [0, 0.05) is 75.1 Å². The zero-order valence-corrected chi connectivity index (χ0v) is 82.4. The molecule has 4 aromatic rings. The van der Waals surface area contributed by atoms with Crippen LogP contribution in [0.3, 0.4) is 0 Å². The first-order valence-electron chi connectivity index (χ1n) is 47.3. The van der Waals surface area contributed by atoms with Gasteiger partial charge in [0.25, 0.3) is 0 Å². The number of benzene rings is 3. The van der Waals surface area contributed by atoms with Gasteiger partial charge in [0.1, 0.15) is 70.7 Å². The number of aliphatic hydroxyl groups excluding tert-OH is 1. The molecule has 764 valence electrons. The number of fused-ring (bicyclic) bond motifs is 1. The molecule has 41 heteroatoms. The third-order valence-corrected chi connectivity index (χ3v) is 24.0. The number of aromatic amines is 1. The minimum absolute atomic E-state index is 0.00666. The quantitative estimate of drug-likeness (QED) is 0.0220. The average Bonchev–Trinajstić information content (AvgIpc) is 1.81. The SMILES string of the molecule is CC(=O)N[C@@H](CC(C)C)C(=O)N[C@H](C(=O)N[C@@H](Cc1ccccc1)C(=O)N[C@@]1(C)CCCCCC/C=C/CCC[C@@](C)(C(=O)NC(C)C(=O)NC(C)(C)C(=O)NC(C)C(=O)N[C@@H](C)C(=O)C(=O)[C@H](C)NC[C@H](C)C(N)=O)NC(=O)[C@H](CC(C)C)CN[C@@H](CCC(N)=O)C(=O)C(=O)C(C)NC(=O)[C@H](Cc2c[nH]c3ccccc23)NC(=O)C(Cc2ccc(O)cc2)NC(=O)[C@H](CCC(=O)O)NC1=O)[C@@H](C)O. The van der Waals surface area contributed by atoms with Crippen molar-refractivity contribution in [1.29, 1.82) is 0 Å². The number of ketones is 4. The van der Waals surface area contributed by atoms with Crippen LogP contribution in [0.1, 0.15) is 224 Å². The molecule has 2 heterocycles. The van der Waals surface area contributed by atoms with Crippen molar-refractivity contribution < 1.29 is 111 Å². The highest BCUT2D eigenvalue weighted by molar-refractivity contribution is 6.41. The number of hydrogen-bond donors (Lipinski definition) is 21. The smallest absolute Gasteiger partial charge is 0.303 e. The van der Waals surface area contributed by atoms with Gasteiger partial charge in [-0.05, 0) is 180 Å². The summed E-state index contributed by atoms with van der Waals surface area (Å²) < 4.78 is 0. The van der Waals surface area contributed by atoms with Crippen LogP contribution in [-0.4, -0.2) is 246 Å². The number of primary amides is 2. The van der Waals surface area contributed by atoms with E-state index in [9.17, 15) is 77.6 Å². The molecule has 41 nitrogen and oxygen atoms in total. The molecule has 0 fully saturated rings. The highest BCUT2D eigenvalue weighted by Crippen LogP contribution is 2.26. The number of aromatic nitrogens is 1. The number of phenols is 1. The number of nitrogens with one attached hydrogen (secondary N) is 16. The Hall–Kier alpha value is -13.2. The number of carbonyl (C=O) groups is 20. The normalized spacial score (nSPS) is 21.8. The Morgan fingerprint density at radius 3 is 1.76 bits per heavy atom. The number of hydrogen-bond acceptors (Lipinski definition) is 24. The summed E-state index contributed by atoms with van der Waals surface area (Å²) in [6.45, 7) is 22.6. The van der Waals surface area contributed by atoms with Crippen LogP contribution in [0.25, 0.3) is 10.9 Å². The van der Waals surface area contributed by atoms with Crippen LogP contribution < -0.4 is 91.2 Å². The molecule has 0 saturated carbocycles. The maximum atomic E-state index is 15.6. The van der Waals surface area contributed by atoms with Crippen molar-refractivity contribution in [3.63, 3.8) is 0 Å². The first-order chi connectivity index (χ1) is 65.1. The van der Waals surface area contributed by atoms with Crippen LogP contribution in [0.15, 0.2) is 97.2 Å². The van der Waals surface area contributed by atoms with Crippen molar-refractivity contribution in [2.45, 2.75) is 322 Å². The summed E-state index contributed by atoms with van der Waals surface area (Å²) in [5.41, 5.74) is 7.03. The number of carbonyl (C=O) groups excluding carboxylic acids is 19. The third kappa shape index (κ3) is 38.3. The number of H-pyrrole nitrogens is 1. The number of amides is 15. The van der Waals surface area contributed by atoms with E-state index >= 15 is 33.6 Å². The van der Waals surface area contributed by atoms with Crippen molar-refractivity contribution in [2.75, 3.05) is 13.1 Å². The maximum absolute atomic E-state index is 15.6. The molecule has 0 bridgehead atoms. The van der Waals surface area contributed by atoms with Crippen molar-refractivity contribution in [1.82, 2.24) is 84.7 Å². The van der Waals surface area contributed by atoms with Gasteiger partial charge >= 0.3 is 5.97 Å². The Morgan fingerprint density at radius 1 is 0.554 bits per heavy atom. The van der Waals surface area contributed by atoms with E-state index < -0.39 is 257 Å². The molecule has 17 atom stereocenters. The minimum atomic E-state index is -2.08. The van der Waals surface area contributed by atoms with E-state index in [1.54, 1.807) is 88.5 Å². The molecule has 4 unspecified atom stereocenters. The number of aliphatic hydroxyl groups is 1. The predicted octanol–water partition coefficient (Wildman–Crippen LogP) is 1.13. The molecular formula is C98H144N18O23. The zero-order valence-electron chi connectivity index (χ0n) is 82.4. The van der Waals surface area contributed by atoms with Crippen LogP contribution >= 0.6 is 0 Å². The van der Waals surface area contributed by atoms with Gasteiger partial charge in [0.2, 0.25) is 112 Å². The molecule has 1 aromatic heterocycles. The summed E-state index contributed by atoms with van der Waals surface area (Å²) >= 11 is 0. The summed E-state index contributed by atoms with van der Waals surface area (Å²) in [4.78, 5) is 284. The molecular weight excluding hydrogens is 1800 g/mol. The summed E-state index contributed by atoms with van der Waals surface area (Å²) in [6, 6.07) is 2.40. The van der Waals surface area contributed by atoms with Gasteiger partial charge < -0.3 is 112 Å². The standard InChI is InChI=1S/C98H144N18O23/c1-53(2)45-66-52-103-70(39-41-76(99)120)82(126)81(125)58(8)105-88(132)75(49-65-51-102-69-34-28-27-33-68(65)69)110-89(133)73(48-64-35-37-67(119)38-36-64)109-87(131)71(40-42-77(121)122)112-95(139)98(16,116-91(135)74(47-63-31-25-24-26-32-63)111-92(136)78(61(11)117)113-90(134)72(46-54(3)4)108-62(12)118)44-30-23-21-19-17-18-20-22-29-43-97(15,115-86(66)130)94(138)107-60(10)85(129)114-96(13,14)93(137)106-59(9)84(128)104-57(7)80(124)79(123)56(6)101-50-55(5)83(100)127/h18,20,24-28,31-38,51,53-61,66,70-75,78,101-103,117,119H,17,19,21-23,29-30,39-50,52H2,1-16H3,(H2,99,120)(H2,100,127)(H,104,128)(H,105,132)(H,106,137)(H,107,138)(H,108,118)(H,109,131)(H,110,133)(H,111,136)(H,112,139)(H,113,134)(H,114,129)(H,115,130)(H,116,135)(H,121,122)/b20-18+/t55-,56-,57-,58?,59?,60?,61+,66+,70-,71-,72-,73?,74-,75-,78-,97-,98-/m0/s1. The summed E-state index contributed by atoms with van der Waals surface area (Å²) in [5, 5.41) is 72.1. The summed E-state index contributed by atoms with van der Waals surface area (Å²) in [5.74, 6) is -21.7. The Morgan fingerprint density at radius 2 is 1.14 bits per heavy atom. The molecule has 23 N–H and O–H groups in total. The predicted molar refractivity (Wildman–Crippen MR) is 515 cm³/mol. The van der Waals surface area contributed by atoms with Gasteiger partial charge in [-0.3, -0.25) is 95.9 Å². The molecule has 0 saturated heterocycles. The highest BCUT2D eigenvalue weighted by Gasteiger charge is 2.45. The molecule has 1 aliphatic rings. The van der Waals surface area contributed by atoms with E-state index in [1.165, 1.54) is 107 Å².